The van der Waals surface area contributed by atoms with Gasteiger partial charge in [0.2, 0.25) is 0 Å². The molecule has 2 aliphatic heterocycles. The van der Waals surface area contributed by atoms with Crippen LogP contribution in [0.2, 0.25) is 0 Å². The zero-order valence-corrected chi connectivity index (χ0v) is 32.8. The van der Waals surface area contributed by atoms with E-state index in [0.717, 1.165) is 69.7 Å². The normalized spacial score (nSPS) is 16.1. The molecular formula is C38H35Br2ClN4O2S2. The average Bonchev–Trinajstić information content (AvgIpc) is 3.92. The van der Waals surface area contributed by atoms with Gasteiger partial charge in [0, 0.05) is 74.7 Å². The quantitative estimate of drug-likeness (QED) is 0.207. The van der Waals surface area contributed by atoms with Crippen molar-refractivity contribution in [2.75, 3.05) is 26.2 Å². The van der Waals surface area contributed by atoms with Gasteiger partial charge in [0.1, 0.15) is 0 Å². The number of pyridine rings is 2. The summed E-state index contributed by atoms with van der Waals surface area (Å²) in [5, 5.41) is 2.98. The lowest BCUT2D eigenvalue weighted by atomic mass is 9.96. The third kappa shape index (κ3) is 8.85. The molecule has 0 bridgehead atoms. The van der Waals surface area contributed by atoms with Gasteiger partial charge in [-0.15, -0.1) is 22.7 Å². The molecule has 0 saturated heterocycles. The molecule has 8 rings (SSSR count). The molecule has 252 valence electrons. The van der Waals surface area contributed by atoms with Crippen LogP contribution in [-0.4, -0.2) is 52.2 Å². The van der Waals surface area contributed by atoms with Crippen LogP contribution in [0.1, 0.15) is 64.5 Å². The lowest BCUT2D eigenvalue weighted by Gasteiger charge is -2.27. The highest BCUT2D eigenvalue weighted by Gasteiger charge is 2.25. The zero-order chi connectivity index (χ0) is 34.5. The Morgan fingerprint density at radius 3 is 1.82 bits per heavy atom. The second kappa shape index (κ2) is 16.4. The first kappa shape index (κ1) is 35.8. The van der Waals surface area contributed by atoms with E-state index < -0.39 is 0 Å². The van der Waals surface area contributed by atoms with Crippen LogP contribution in [0.3, 0.4) is 0 Å². The Morgan fingerprint density at radius 1 is 0.796 bits per heavy atom. The van der Waals surface area contributed by atoms with E-state index in [-0.39, 0.29) is 11.1 Å². The molecule has 11 heteroatoms. The van der Waals surface area contributed by atoms with Crippen molar-refractivity contribution in [2.45, 2.75) is 39.5 Å². The Kier molecular flexibility index (Phi) is 12.0. The molecule has 0 saturated carbocycles. The summed E-state index contributed by atoms with van der Waals surface area (Å²) in [4.78, 5) is 37.6. The highest BCUT2D eigenvalue weighted by atomic mass is 79.9. The number of aryl methyl sites for hydroxylation is 2. The van der Waals surface area contributed by atoms with Gasteiger partial charge in [-0.25, -0.2) is 0 Å². The van der Waals surface area contributed by atoms with E-state index in [1.807, 2.05) is 49.3 Å². The monoisotopic (exact) mass is 836 g/mol. The number of hydrogen-bond donors (Lipinski definition) is 1. The van der Waals surface area contributed by atoms with Gasteiger partial charge in [-0.1, -0.05) is 24.3 Å². The number of nitrogens with zero attached hydrogens (tertiary/aromatic N) is 3. The van der Waals surface area contributed by atoms with E-state index in [0.29, 0.717) is 11.4 Å². The molecule has 1 N–H and O–H groups in total. The SMILES string of the molecule is Brc1cnc2c(c1)C(C1=CCNCC1)=CC2.Cc1ccc(C(=O)Cl)s1.Cc1ccc(C(=O)N2CC=C(C3=CCc4ncc(Br)cc43)CC2)s1. The van der Waals surface area contributed by atoms with Crippen molar-refractivity contribution in [3.05, 3.63) is 135 Å². The summed E-state index contributed by atoms with van der Waals surface area (Å²) in [6.45, 7) is 7.50. The number of carbonyl (C=O) groups is 2. The molecule has 6 heterocycles. The van der Waals surface area contributed by atoms with Crippen molar-refractivity contribution < 1.29 is 9.59 Å². The van der Waals surface area contributed by atoms with Gasteiger partial charge in [-0.3, -0.25) is 19.6 Å². The number of aromatic nitrogens is 2. The maximum absolute atomic E-state index is 12.6. The van der Waals surface area contributed by atoms with Crippen molar-refractivity contribution in [3.63, 3.8) is 0 Å². The smallest absolute Gasteiger partial charge is 0.264 e. The van der Waals surface area contributed by atoms with Gasteiger partial charge in [-0.2, -0.15) is 0 Å². The summed E-state index contributed by atoms with van der Waals surface area (Å²) < 4.78 is 2.07. The predicted molar refractivity (Wildman–Crippen MR) is 210 cm³/mol. The fourth-order valence-corrected chi connectivity index (χ4v) is 8.54. The lowest BCUT2D eigenvalue weighted by Crippen LogP contribution is -2.34. The number of thiophene rings is 2. The van der Waals surface area contributed by atoms with E-state index in [2.05, 4.69) is 83.6 Å². The summed E-state index contributed by atoms with van der Waals surface area (Å²) in [7, 11) is 0. The van der Waals surface area contributed by atoms with Gasteiger partial charge in [0.05, 0.1) is 21.1 Å². The molecule has 6 nitrogen and oxygen atoms in total. The Hall–Kier alpha value is -2.99. The molecule has 2 aliphatic carbocycles. The first-order valence-corrected chi connectivity index (χ1v) is 19.7. The lowest BCUT2D eigenvalue weighted by molar-refractivity contribution is 0.0774. The molecule has 0 spiro atoms. The molecule has 0 aromatic carbocycles. The Labute approximate surface area is 317 Å². The minimum absolute atomic E-state index is 0.147. The number of amides is 1. The Balaban J connectivity index is 0.000000143. The van der Waals surface area contributed by atoms with Crippen molar-refractivity contribution in [2.24, 2.45) is 0 Å². The topological polar surface area (TPSA) is 75.2 Å². The van der Waals surface area contributed by atoms with Crippen molar-refractivity contribution >= 4 is 88.4 Å². The fourth-order valence-electron chi connectivity index (χ4n) is 6.16. The molecule has 4 aromatic heterocycles. The van der Waals surface area contributed by atoms with Crippen molar-refractivity contribution in [1.29, 1.82) is 0 Å². The van der Waals surface area contributed by atoms with Gasteiger partial charge < -0.3 is 10.2 Å². The minimum Gasteiger partial charge on any atom is -0.334 e. The summed E-state index contributed by atoms with van der Waals surface area (Å²) in [6, 6.07) is 11.9. The van der Waals surface area contributed by atoms with Crippen LogP contribution in [0.15, 0.2) is 93.2 Å². The van der Waals surface area contributed by atoms with Crippen LogP contribution >= 0.6 is 66.1 Å². The predicted octanol–water partition coefficient (Wildman–Crippen LogP) is 9.76. The second-order valence-corrected chi connectivity index (χ2v) is 16.7. The van der Waals surface area contributed by atoms with Crippen LogP contribution in [0, 0.1) is 13.8 Å². The molecule has 0 unspecified atom stereocenters. The standard InChI is InChI=1S/C19H17BrN2OS.C13H13BrN2.C6H5ClOS/c1-12-2-5-18(24-12)19(23)22-8-6-13(7-9-22)15-3-4-17-16(15)10-14(20)11-21-17;14-10-7-12-11(1-2-13(12)16-8-10)9-3-5-15-6-4-9;1-4-2-3-5(9-4)6(7)8/h2-3,5-6,10-11H,4,7-9H2,1H3;1,3,7-8,15H,2,4-6H2;2-3H,1H3. The Bertz CT molecular complexity index is 2030. The van der Waals surface area contributed by atoms with Gasteiger partial charge in [0.25, 0.3) is 11.1 Å². The van der Waals surface area contributed by atoms with Crippen LogP contribution < -0.4 is 5.32 Å². The highest BCUT2D eigenvalue weighted by molar-refractivity contribution is 9.10. The summed E-state index contributed by atoms with van der Waals surface area (Å²) in [6.07, 6.45) is 16.7. The first-order valence-electron chi connectivity index (χ1n) is 16.1. The molecule has 0 fully saturated rings. The van der Waals surface area contributed by atoms with Gasteiger partial charge in [-0.05, 0) is 135 Å². The maximum Gasteiger partial charge on any atom is 0.264 e. The summed E-state index contributed by atoms with van der Waals surface area (Å²) in [5.74, 6) is 0.147. The highest BCUT2D eigenvalue weighted by Crippen LogP contribution is 2.37. The third-order valence-electron chi connectivity index (χ3n) is 8.59. The number of fused-ring (bicyclic) bond motifs is 2. The number of rotatable bonds is 4. The molecule has 49 heavy (non-hydrogen) atoms. The zero-order valence-electron chi connectivity index (χ0n) is 27.2. The Morgan fingerprint density at radius 2 is 1.37 bits per heavy atom. The van der Waals surface area contributed by atoms with Crippen molar-refractivity contribution in [1.82, 2.24) is 20.2 Å². The van der Waals surface area contributed by atoms with E-state index in [4.69, 9.17) is 11.6 Å². The maximum atomic E-state index is 12.6. The van der Waals surface area contributed by atoms with E-state index in [1.165, 1.54) is 55.3 Å². The molecule has 4 aromatic rings. The van der Waals surface area contributed by atoms with Crippen LogP contribution in [0.5, 0.6) is 0 Å². The fraction of sp³-hybridized carbons (Fsp3) is 0.263. The number of allylic oxidation sites excluding steroid dienone is 4. The largest absolute Gasteiger partial charge is 0.334 e. The molecule has 0 atom stereocenters. The average molecular weight is 839 g/mol. The molecular weight excluding hydrogens is 804 g/mol. The van der Waals surface area contributed by atoms with E-state index in [9.17, 15) is 9.59 Å². The van der Waals surface area contributed by atoms with Crippen LogP contribution in [-0.2, 0) is 12.8 Å². The van der Waals surface area contributed by atoms with Gasteiger partial charge >= 0.3 is 0 Å². The van der Waals surface area contributed by atoms with E-state index in [1.54, 1.807) is 17.4 Å². The summed E-state index contributed by atoms with van der Waals surface area (Å²) in [5.41, 5.74) is 10.4. The van der Waals surface area contributed by atoms with Gasteiger partial charge in [0.15, 0.2) is 0 Å². The molecule has 0 radical (unpaired) electrons. The summed E-state index contributed by atoms with van der Waals surface area (Å²) >= 11 is 15.2. The number of halogens is 3. The van der Waals surface area contributed by atoms with Crippen LogP contribution in [0.4, 0.5) is 0 Å². The molecule has 1 amide bonds. The third-order valence-corrected chi connectivity index (χ3v) is 11.8. The number of hydrogen-bond acceptors (Lipinski definition) is 7. The second-order valence-electron chi connectivity index (χ2n) is 11.9. The first-order chi connectivity index (χ1) is 23.7. The van der Waals surface area contributed by atoms with E-state index >= 15 is 0 Å². The minimum atomic E-state index is -0.367. The number of carbonyl (C=O) groups excluding carboxylic acids is 2. The van der Waals surface area contributed by atoms with Crippen molar-refractivity contribution in [3.8, 4) is 0 Å². The van der Waals surface area contributed by atoms with Crippen LogP contribution in [0.25, 0.3) is 11.1 Å². The molecule has 4 aliphatic rings. The number of nitrogens with one attached hydrogen (secondary N) is 1.